The molecule has 23 heavy (non-hydrogen) atoms. The quantitative estimate of drug-likeness (QED) is 0.916. The van der Waals surface area contributed by atoms with Gasteiger partial charge in [-0.2, -0.15) is 0 Å². The molecule has 2 fully saturated rings. The molecule has 1 atom stereocenters. The van der Waals surface area contributed by atoms with E-state index < -0.39 is 0 Å². The number of hydrogen-bond acceptors (Lipinski definition) is 2. The van der Waals surface area contributed by atoms with Crippen LogP contribution in [0, 0.1) is 5.92 Å². The highest BCUT2D eigenvalue weighted by Gasteiger charge is 2.30. The van der Waals surface area contributed by atoms with Crippen LogP contribution in [0.3, 0.4) is 0 Å². The Morgan fingerprint density at radius 3 is 2.87 bits per heavy atom. The molecule has 0 unspecified atom stereocenters. The second kappa shape index (κ2) is 6.34. The molecule has 1 N–H and O–H groups in total. The van der Waals surface area contributed by atoms with Crippen LogP contribution in [-0.4, -0.2) is 33.9 Å². The first-order valence-corrected chi connectivity index (χ1v) is 9.04. The number of hydrogen-bond donors (Lipinski definition) is 1. The van der Waals surface area contributed by atoms with Crippen molar-refractivity contribution >= 4 is 16.9 Å². The maximum absolute atomic E-state index is 12.8. The fourth-order valence-electron chi connectivity index (χ4n) is 4.24. The minimum Gasteiger partial charge on any atom is -0.343 e. The average molecular weight is 311 g/mol. The van der Waals surface area contributed by atoms with Gasteiger partial charge in [-0.1, -0.05) is 19.3 Å². The number of rotatable bonds is 2. The molecule has 1 saturated carbocycles. The van der Waals surface area contributed by atoms with E-state index in [1.165, 1.54) is 30.3 Å². The lowest BCUT2D eigenvalue weighted by Crippen LogP contribution is -2.42. The number of nitrogens with one attached hydrogen (secondary N) is 1. The van der Waals surface area contributed by atoms with Crippen LogP contribution in [0.5, 0.6) is 0 Å². The van der Waals surface area contributed by atoms with Crippen molar-refractivity contribution < 1.29 is 4.79 Å². The molecule has 4 nitrogen and oxygen atoms in total. The molecule has 4 rings (SSSR count). The van der Waals surface area contributed by atoms with Gasteiger partial charge in [0, 0.05) is 42.2 Å². The average Bonchev–Trinajstić information content (AvgIpc) is 3.06. The maximum Gasteiger partial charge on any atom is 0.225 e. The predicted molar refractivity (Wildman–Crippen MR) is 91.2 cm³/mol. The summed E-state index contributed by atoms with van der Waals surface area (Å²) in [4.78, 5) is 22.8. The Labute approximate surface area is 137 Å². The van der Waals surface area contributed by atoms with Gasteiger partial charge in [0.25, 0.3) is 0 Å². The monoisotopic (exact) mass is 311 g/mol. The summed E-state index contributed by atoms with van der Waals surface area (Å²) >= 11 is 0. The van der Waals surface area contributed by atoms with E-state index in [4.69, 9.17) is 0 Å². The number of H-pyrrole nitrogens is 1. The third-order valence-electron chi connectivity index (χ3n) is 5.54. The lowest BCUT2D eigenvalue weighted by Gasteiger charge is -2.35. The standard InChI is InChI=1S/C19H25N3O/c23-19(14-6-2-1-3-7-14)22-11-5-9-16(13-22)17-12-15-8-4-10-20-18(15)21-17/h4,8,10,12,14,16H,1-3,5-7,9,11,13H2,(H,20,21)/t16-/m0/s1. The number of aromatic nitrogens is 2. The van der Waals surface area contributed by atoms with E-state index in [1.54, 1.807) is 0 Å². The molecule has 0 radical (unpaired) electrons. The summed E-state index contributed by atoms with van der Waals surface area (Å²) in [5, 5.41) is 1.17. The smallest absolute Gasteiger partial charge is 0.225 e. The molecule has 2 aromatic rings. The topological polar surface area (TPSA) is 49.0 Å². The van der Waals surface area contributed by atoms with Crippen LogP contribution in [0.25, 0.3) is 11.0 Å². The third-order valence-corrected chi connectivity index (χ3v) is 5.54. The molecule has 1 aliphatic carbocycles. The van der Waals surface area contributed by atoms with Gasteiger partial charge >= 0.3 is 0 Å². The van der Waals surface area contributed by atoms with E-state index in [0.717, 1.165) is 44.4 Å². The summed E-state index contributed by atoms with van der Waals surface area (Å²) in [5.41, 5.74) is 2.19. The Kier molecular flexibility index (Phi) is 4.06. The van der Waals surface area contributed by atoms with Gasteiger partial charge in [-0.05, 0) is 43.9 Å². The Hall–Kier alpha value is -1.84. The zero-order valence-corrected chi connectivity index (χ0v) is 13.6. The van der Waals surface area contributed by atoms with Gasteiger partial charge in [0.15, 0.2) is 0 Å². The molecular weight excluding hydrogens is 286 g/mol. The Morgan fingerprint density at radius 1 is 1.17 bits per heavy atom. The molecular formula is C19H25N3O. The van der Waals surface area contributed by atoms with Gasteiger partial charge in [0.1, 0.15) is 5.65 Å². The van der Waals surface area contributed by atoms with E-state index in [2.05, 4.69) is 27.0 Å². The highest BCUT2D eigenvalue weighted by molar-refractivity contribution is 5.79. The number of fused-ring (bicyclic) bond motifs is 1. The van der Waals surface area contributed by atoms with Gasteiger partial charge in [-0.3, -0.25) is 4.79 Å². The van der Waals surface area contributed by atoms with Crippen LogP contribution in [0.15, 0.2) is 24.4 Å². The van der Waals surface area contributed by atoms with Gasteiger partial charge in [0.2, 0.25) is 5.91 Å². The zero-order chi connectivity index (χ0) is 15.6. The van der Waals surface area contributed by atoms with E-state index in [-0.39, 0.29) is 5.92 Å². The van der Waals surface area contributed by atoms with Gasteiger partial charge in [-0.25, -0.2) is 4.98 Å². The summed E-state index contributed by atoms with van der Waals surface area (Å²) in [7, 11) is 0. The van der Waals surface area contributed by atoms with Crippen LogP contribution in [0.2, 0.25) is 0 Å². The minimum atomic E-state index is 0.284. The van der Waals surface area contributed by atoms with E-state index in [1.807, 2.05) is 12.3 Å². The molecule has 1 saturated heterocycles. The molecule has 0 spiro atoms. The number of piperidine rings is 1. The summed E-state index contributed by atoms with van der Waals surface area (Å²) in [6.07, 6.45) is 10.0. The summed E-state index contributed by atoms with van der Waals surface area (Å²) in [5.74, 6) is 1.11. The third kappa shape index (κ3) is 2.99. The molecule has 1 aliphatic heterocycles. The lowest BCUT2D eigenvalue weighted by atomic mass is 9.87. The molecule has 3 heterocycles. The number of pyridine rings is 1. The van der Waals surface area contributed by atoms with Crippen LogP contribution in [0.1, 0.15) is 56.6 Å². The Morgan fingerprint density at radius 2 is 2.04 bits per heavy atom. The van der Waals surface area contributed by atoms with Crippen molar-refractivity contribution in [2.45, 2.75) is 50.9 Å². The first-order valence-electron chi connectivity index (χ1n) is 9.04. The molecule has 122 valence electrons. The molecule has 0 aromatic carbocycles. The number of aromatic amines is 1. The SMILES string of the molecule is O=C(C1CCCCC1)N1CCC[C@H](c2cc3cccnc3[nH]2)C1. The van der Waals surface area contributed by atoms with Crippen molar-refractivity contribution in [1.82, 2.24) is 14.9 Å². The fraction of sp³-hybridized carbons (Fsp3) is 0.579. The summed E-state index contributed by atoms with van der Waals surface area (Å²) < 4.78 is 0. The van der Waals surface area contributed by atoms with Crippen molar-refractivity contribution in [1.29, 1.82) is 0 Å². The van der Waals surface area contributed by atoms with Gasteiger partial charge in [0.05, 0.1) is 0 Å². The fourth-order valence-corrected chi connectivity index (χ4v) is 4.24. The molecule has 0 bridgehead atoms. The predicted octanol–water partition coefficient (Wildman–Crippen LogP) is 3.85. The molecule has 2 aromatic heterocycles. The number of amides is 1. The number of carbonyl (C=O) groups excluding carboxylic acids is 1. The molecule has 4 heteroatoms. The van der Waals surface area contributed by atoms with E-state index in [0.29, 0.717) is 11.8 Å². The first kappa shape index (κ1) is 14.7. The van der Waals surface area contributed by atoms with Crippen LogP contribution in [-0.2, 0) is 4.79 Å². The second-order valence-corrected chi connectivity index (χ2v) is 7.12. The first-order chi connectivity index (χ1) is 11.3. The summed E-state index contributed by atoms with van der Waals surface area (Å²) in [6, 6.07) is 6.28. The summed E-state index contributed by atoms with van der Waals surface area (Å²) in [6.45, 7) is 1.80. The number of likely N-dealkylation sites (tertiary alicyclic amines) is 1. The normalized spacial score (nSPS) is 23.3. The van der Waals surface area contributed by atoms with Crippen molar-refractivity contribution in [3.8, 4) is 0 Å². The second-order valence-electron chi connectivity index (χ2n) is 7.12. The highest BCUT2D eigenvalue weighted by atomic mass is 16.2. The minimum absolute atomic E-state index is 0.284. The van der Waals surface area contributed by atoms with Crippen LogP contribution in [0.4, 0.5) is 0 Å². The lowest BCUT2D eigenvalue weighted by molar-refractivity contribution is -0.137. The van der Waals surface area contributed by atoms with E-state index >= 15 is 0 Å². The Bertz CT molecular complexity index is 654. The van der Waals surface area contributed by atoms with Crippen molar-refractivity contribution in [3.05, 3.63) is 30.1 Å². The van der Waals surface area contributed by atoms with Crippen molar-refractivity contribution in [2.24, 2.45) is 5.92 Å². The van der Waals surface area contributed by atoms with Gasteiger partial charge in [-0.15, -0.1) is 0 Å². The highest BCUT2D eigenvalue weighted by Crippen LogP contribution is 2.31. The maximum atomic E-state index is 12.8. The largest absolute Gasteiger partial charge is 0.343 e. The van der Waals surface area contributed by atoms with E-state index in [9.17, 15) is 4.79 Å². The van der Waals surface area contributed by atoms with Crippen molar-refractivity contribution in [3.63, 3.8) is 0 Å². The Balaban J connectivity index is 1.48. The van der Waals surface area contributed by atoms with Crippen molar-refractivity contribution in [2.75, 3.05) is 13.1 Å². The van der Waals surface area contributed by atoms with Crippen LogP contribution < -0.4 is 0 Å². The molecule has 1 amide bonds. The number of nitrogens with zero attached hydrogens (tertiary/aromatic N) is 2. The molecule has 2 aliphatic rings. The van der Waals surface area contributed by atoms with Gasteiger partial charge < -0.3 is 9.88 Å². The number of carbonyl (C=O) groups is 1. The zero-order valence-electron chi connectivity index (χ0n) is 13.6. The van der Waals surface area contributed by atoms with Crippen LogP contribution >= 0.6 is 0 Å².